The Morgan fingerprint density at radius 3 is 2.69 bits per heavy atom. The molecule has 0 fully saturated rings. The zero-order valence-electron chi connectivity index (χ0n) is 8.53. The zero-order valence-corrected chi connectivity index (χ0v) is 11.5. The second-order valence-corrected chi connectivity index (χ2v) is 5.33. The van der Waals surface area contributed by atoms with Gasteiger partial charge in [-0.1, -0.05) is 12.1 Å². The molecule has 0 aliphatic heterocycles. The van der Waals surface area contributed by atoms with Crippen molar-refractivity contribution in [3.05, 3.63) is 50.0 Å². The van der Waals surface area contributed by atoms with Gasteiger partial charge in [0.15, 0.2) is 5.76 Å². The molecule has 3 nitrogen and oxygen atoms in total. The predicted octanol–water partition coefficient (Wildman–Crippen LogP) is 3.44. The van der Waals surface area contributed by atoms with E-state index in [-0.39, 0.29) is 0 Å². The van der Waals surface area contributed by atoms with Crippen LogP contribution in [0.15, 0.2) is 42.8 Å². The van der Waals surface area contributed by atoms with E-state index in [1.54, 1.807) is 18.7 Å². The van der Waals surface area contributed by atoms with E-state index in [1.807, 2.05) is 24.3 Å². The maximum atomic E-state index is 10.8. The van der Waals surface area contributed by atoms with Crippen molar-refractivity contribution in [1.29, 1.82) is 0 Å². The summed E-state index contributed by atoms with van der Waals surface area (Å²) in [5.41, 5.74) is 0. The number of benzene rings is 1. The van der Waals surface area contributed by atoms with E-state index in [4.69, 9.17) is 8.83 Å². The van der Waals surface area contributed by atoms with Crippen molar-refractivity contribution < 1.29 is 8.83 Å². The Morgan fingerprint density at radius 2 is 2.06 bits per heavy atom. The Morgan fingerprint density at radius 1 is 1.31 bits per heavy atom. The van der Waals surface area contributed by atoms with E-state index in [2.05, 4.69) is 22.6 Å². The topological polar surface area (TPSA) is 43.4 Å². The number of rotatable bonds is 3. The Labute approximate surface area is 110 Å². The molecule has 0 amide bonds. The lowest BCUT2D eigenvalue weighted by Gasteiger charge is -2.01. The van der Waals surface area contributed by atoms with E-state index in [0.29, 0.717) is 17.3 Å². The number of aryl methyl sites for hydroxylation is 1. The minimum absolute atomic E-state index is 0.559. The summed E-state index contributed by atoms with van der Waals surface area (Å²) in [5.74, 6) is 1.14. The molecule has 0 unspecified atom stereocenters. The molecule has 0 atom stereocenters. The lowest BCUT2D eigenvalue weighted by Crippen LogP contribution is -1.86. The third-order valence-electron chi connectivity index (χ3n) is 2.03. The van der Waals surface area contributed by atoms with Gasteiger partial charge in [0.05, 0.1) is 5.75 Å². The van der Waals surface area contributed by atoms with Gasteiger partial charge in [0.2, 0.25) is 0 Å². The fourth-order valence-electron chi connectivity index (χ4n) is 1.21. The molecule has 0 aliphatic rings. The van der Waals surface area contributed by atoms with Crippen molar-refractivity contribution in [1.82, 2.24) is 0 Å². The van der Waals surface area contributed by atoms with Gasteiger partial charge in [-0.2, -0.15) is 0 Å². The lowest BCUT2D eigenvalue weighted by molar-refractivity contribution is 0.372. The lowest BCUT2D eigenvalue weighted by atomic mass is 10.4. The number of hydrogen-bond acceptors (Lipinski definition) is 4. The van der Waals surface area contributed by atoms with Crippen LogP contribution in [0.25, 0.3) is 0 Å². The summed E-state index contributed by atoms with van der Waals surface area (Å²) in [7, 11) is 0. The van der Waals surface area contributed by atoms with Crippen molar-refractivity contribution in [3.63, 3.8) is 0 Å². The number of halogens is 1. The molecule has 2 aromatic rings. The van der Waals surface area contributed by atoms with Gasteiger partial charge < -0.3 is 8.83 Å². The highest BCUT2D eigenvalue weighted by molar-refractivity contribution is 14.1. The molecule has 0 aliphatic carbocycles. The van der Waals surface area contributed by atoms with Crippen LogP contribution in [0.1, 0.15) is 11.5 Å². The summed E-state index contributed by atoms with van der Waals surface area (Å²) >= 11 is 3.91. The molecule has 1 aromatic heterocycles. The Kier molecular flexibility index (Phi) is 3.75. The second-order valence-electron chi connectivity index (χ2n) is 3.15. The monoisotopic (exact) mass is 348 g/mol. The van der Waals surface area contributed by atoms with Gasteiger partial charge in [0.1, 0.15) is 5.76 Å². The molecule has 16 heavy (non-hydrogen) atoms. The third-order valence-corrected chi connectivity index (χ3v) is 4.41. The maximum Gasteiger partial charge on any atom is 0.519 e. The molecule has 0 N–H and O–H groups in total. The highest BCUT2D eigenvalue weighted by Gasteiger charge is 2.09. The van der Waals surface area contributed by atoms with Gasteiger partial charge in [0.25, 0.3) is 0 Å². The smallest absolute Gasteiger partial charge is 0.396 e. The molecule has 5 heteroatoms. The van der Waals surface area contributed by atoms with Crippen molar-refractivity contribution in [2.24, 2.45) is 0 Å². The SMILES string of the molecule is Cc1oc(=O)oc1CSc1ccccc1I. The van der Waals surface area contributed by atoms with Crippen LogP contribution in [0.2, 0.25) is 0 Å². The van der Waals surface area contributed by atoms with Crippen LogP contribution in [0.4, 0.5) is 0 Å². The summed E-state index contributed by atoms with van der Waals surface area (Å²) in [6.45, 7) is 1.73. The molecular weight excluding hydrogens is 339 g/mol. The first kappa shape index (κ1) is 11.8. The first-order valence-corrected chi connectivity index (χ1v) is 6.70. The number of hydrogen-bond donors (Lipinski definition) is 0. The van der Waals surface area contributed by atoms with E-state index < -0.39 is 5.82 Å². The molecule has 0 spiro atoms. The normalized spacial score (nSPS) is 10.6. The summed E-state index contributed by atoms with van der Waals surface area (Å²) in [6, 6.07) is 8.07. The summed E-state index contributed by atoms with van der Waals surface area (Å²) in [6.07, 6.45) is 0. The summed E-state index contributed by atoms with van der Waals surface area (Å²) in [4.78, 5) is 12.0. The van der Waals surface area contributed by atoms with E-state index >= 15 is 0 Å². The van der Waals surface area contributed by atoms with Crippen molar-refractivity contribution in [2.75, 3.05) is 0 Å². The molecule has 0 radical (unpaired) electrons. The largest absolute Gasteiger partial charge is 0.519 e. The average molecular weight is 348 g/mol. The molecule has 2 rings (SSSR count). The first-order valence-electron chi connectivity index (χ1n) is 4.63. The highest BCUT2D eigenvalue weighted by atomic mass is 127. The van der Waals surface area contributed by atoms with Crippen LogP contribution in [0, 0.1) is 10.5 Å². The molecule has 84 valence electrons. The molecular formula is C11H9IO3S. The quantitative estimate of drug-likeness (QED) is 0.630. The molecule has 0 bridgehead atoms. The highest BCUT2D eigenvalue weighted by Crippen LogP contribution is 2.27. The van der Waals surface area contributed by atoms with Crippen molar-refractivity contribution >= 4 is 34.4 Å². The van der Waals surface area contributed by atoms with Gasteiger partial charge in [-0.25, -0.2) is 4.79 Å². The van der Waals surface area contributed by atoms with E-state index in [1.165, 1.54) is 8.47 Å². The summed E-state index contributed by atoms with van der Waals surface area (Å²) in [5, 5.41) is 0. The van der Waals surface area contributed by atoms with Crippen LogP contribution < -0.4 is 5.82 Å². The van der Waals surface area contributed by atoms with Crippen LogP contribution in [0.5, 0.6) is 0 Å². The molecule has 1 heterocycles. The van der Waals surface area contributed by atoms with Gasteiger partial charge in [0, 0.05) is 8.47 Å². The molecule has 0 saturated heterocycles. The zero-order chi connectivity index (χ0) is 11.5. The predicted molar refractivity (Wildman–Crippen MR) is 70.7 cm³/mol. The average Bonchev–Trinajstić information content (AvgIpc) is 2.56. The van der Waals surface area contributed by atoms with Crippen molar-refractivity contribution in [3.8, 4) is 0 Å². The fraction of sp³-hybridized carbons (Fsp3) is 0.182. The van der Waals surface area contributed by atoms with Crippen LogP contribution in [-0.2, 0) is 5.75 Å². The molecule has 0 saturated carbocycles. The standard InChI is InChI=1S/C11H9IO3S/c1-7-9(15-11(13)14-7)6-16-10-5-3-2-4-8(10)12/h2-5H,6H2,1H3. The van der Waals surface area contributed by atoms with Gasteiger partial charge >= 0.3 is 5.82 Å². The Balaban J connectivity index is 2.11. The number of thioether (sulfide) groups is 1. The van der Waals surface area contributed by atoms with Crippen LogP contribution in [0.3, 0.4) is 0 Å². The maximum absolute atomic E-state index is 10.8. The van der Waals surface area contributed by atoms with Gasteiger partial charge in [-0.3, -0.25) is 0 Å². The van der Waals surface area contributed by atoms with Crippen molar-refractivity contribution in [2.45, 2.75) is 17.6 Å². The second kappa shape index (κ2) is 5.09. The first-order chi connectivity index (χ1) is 7.66. The van der Waals surface area contributed by atoms with Gasteiger partial charge in [-0.15, -0.1) is 11.8 Å². The Hall–Kier alpha value is -0.690. The fourth-order valence-corrected chi connectivity index (χ4v) is 3.00. The van der Waals surface area contributed by atoms with Crippen LogP contribution in [-0.4, -0.2) is 0 Å². The minimum atomic E-state index is -0.629. The van der Waals surface area contributed by atoms with Gasteiger partial charge in [-0.05, 0) is 41.6 Å². The summed E-state index contributed by atoms with van der Waals surface area (Å²) < 4.78 is 10.9. The van der Waals surface area contributed by atoms with E-state index in [0.717, 1.165) is 0 Å². The molecule has 1 aromatic carbocycles. The minimum Gasteiger partial charge on any atom is -0.396 e. The third kappa shape index (κ3) is 2.70. The Bertz CT molecular complexity index is 544. The van der Waals surface area contributed by atoms with E-state index in [9.17, 15) is 4.79 Å². The van der Waals surface area contributed by atoms with Crippen LogP contribution >= 0.6 is 34.4 Å².